The number of aromatic nitrogens is 1. The standard InChI is InChI=1S/C15H27N3OS/c1-4-5-12(8-9-16)6-7-14(19)18-15-17-13(10-20-15)11(2)3/h10-12H,4-9,16H2,1-3H3,(H,17,18,19). The highest BCUT2D eigenvalue weighted by Gasteiger charge is 2.12. The van der Waals surface area contributed by atoms with E-state index in [4.69, 9.17) is 5.73 Å². The summed E-state index contributed by atoms with van der Waals surface area (Å²) in [7, 11) is 0. The predicted octanol–water partition coefficient (Wildman–Crippen LogP) is 3.75. The van der Waals surface area contributed by atoms with Gasteiger partial charge in [-0.05, 0) is 31.2 Å². The maximum absolute atomic E-state index is 11.9. The van der Waals surface area contributed by atoms with Crippen molar-refractivity contribution < 1.29 is 4.79 Å². The quantitative estimate of drug-likeness (QED) is 0.729. The van der Waals surface area contributed by atoms with Crippen LogP contribution in [0.3, 0.4) is 0 Å². The van der Waals surface area contributed by atoms with Crippen LogP contribution in [0.4, 0.5) is 5.13 Å². The predicted molar refractivity (Wildman–Crippen MR) is 86.1 cm³/mol. The monoisotopic (exact) mass is 297 g/mol. The van der Waals surface area contributed by atoms with E-state index in [0.29, 0.717) is 29.9 Å². The van der Waals surface area contributed by atoms with Crippen LogP contribution < -0.4 is 11.1 Å². The lowest BCUT2D eigenvalue weighted by molar-refractivity contribution is -0.116. The molecule has 1 amide bonds. The van der Waals surface area contributed by atoms with E-state index in [2.05, 4.69) is 31.1 Å². The molecule has 1 aromatic rings. The van der Waals surface area contributed by atoms with Crippen molar-refractivity contribution >= 4 is 22.4 Å². The Kier molecular flexibility index (Phi) is 7.77. The molecule has 0 aromatic carbocycles. The lowest BCUT2D eigenvalue weighted by atomic mass is 9.94. The van der Waals surface area contributed by atoms with Gasteiger partial charge < -0.3 is 11.1 Å². The van der Waals surface area contributed by atoms with E-state index >= 15 is 0 Å². The second-order valence-electron chi connectivity index (χ2n) is 5.55. The minimum absolute atomic E-state index is 0.0628. The summed E-state index contributed by atoms with van der Waals surface area (Å²) in [4.78, 5) is 16.3. The minimum atomic E-state index is 0.0628. The number of nitrogens with two attached hydrogens (primary N) is 1. The van der Waals surface area contributed by atoms with E-state index in [1.54, 1.807) is 0 Å². The molecular weight excluding hydrogens is 270 g/mol. The van der Waals surface area contributed by atoms with Gasteiger partial charge in [0.2, 0.25) is 5.91 Å². The van der Waals surface area contributed by atoms with Gasteiger partial charge in [-0.25, -0.2) is 4.98 Å². The van der Waals surface area contributed by atoms with Gasteiger partial charge in [-0.2, -0.15) is 0 Å². The van der Waals surface area contributed by atoms with Gasteiger partial charge in [0.15, 0.2) is 5.13 Å². The van der Waals surface area contributed by atoms with Crippen LogP contribution in [-0.4, -0.2) is 17.4 Å². The fraction of sp³-hybridized carbons (Fsp3) is 0.733. The smallest absolute Gasteiger partial charge is 0.226 e. The largest absolute Gasteiger partial charge is 0.330 e. The van der Waals surface area contributed by atoms with Crippen LogP contribution in [0.5, 0.6) is 0 Å². The van der Waals surface area contributed by atoms with Gasteiger partial charge >= 0.3 is 0 Å². The second kappa shape index (κ2) is 9.08. The topological polar surface area (TPSA) is 68.0 Å². The summed E-state index contributed by atoms with van der Waals surface area (Å²) in [5.74, 6) is 1.03. The number of anilines is 1. The molecule has 1 heterocycles. The molecule has 0 bridgehead atoms. The van der Waals surface area contributed by atoms with Crippen LogP contribution in [0.25, 0.3) is 0 Å². The summed E-state index contributed by atoms with van der Waals surface area (Å²) in [5.41, 5.74) is 6.65. The fourth-order valence-corrected chi connectivity index (χ4v) is 3.09. The summed E-state index contributed by atoms with van der Waals surface area (Å²) < 4.78 is 0. The highest BCUT2D eigenvalue weighted by Crippen LogP contribution is 2.22. The Balaban J connectivity index is 2.38. The van der Waals surface area contributed by atoms with E-state index < -0.39 is 0 Å². The molecule has 20 heavy (non-hydrogen) atoms. The average molecular weight is 297 g/mol. The first-order valence-electron chi connectivity index (χ1n) is 7.52. The number of rotatable bonds is 9. The lowest BCUT2D eigenvalue weighted by Crippen LogP contribution is -2.15. The molecule has 4 nitrogen and oxygen atoms in total. The van der Waals surface area contributed by atoms with Crippen molar-refractivity contribution in [1.82, 2.24) is 4.98 Å². The Labute approximate surface area is 126 Å². The number of carbonyl (C=O) groups excluding carboxylic acids is 1. The molecule has 0 aliphatic heterocycles. The molecule has 3 N–H and O–H groups in total. The molecule has 1 rings (SSSR count). The van der Waals surface area contributed by atoms with Crippen molar-refractivity contribution in [3.8, 4) is 0 Å². The number of amides is 1. The van der Waals surface area contributed by atoms with Crippen molar-refractivity contribution in [3.63, 3.8) is 0 Å². The number of carbonyl (C=O) groups is 1. The molecule has 0 radical (unpaired) electrons. The van der Waals surface area contributed by atoms with E-state index in [9.17, 15) is 4.79 Å². The van der Waals surface area contributed by atoms with Gasteiger partial charge in [0, 0.05) is 11.8 Å². The third-order valence-electron chi connectivity index (χ3n) is 3.41. The molecule has 114 valence electrons. The molecule has 0 saturated carbocycles. The van der Waals surface area contributed by atoms with Gasteiger partial charge in [-0.3, -0.25) is 4.79 Å². The molecule has 0 aliphatic rings. The summed E-state index contributed by atoms with van der Waals surface area (Å²) >= 11 is 1.50. The molecule has 0 aliphatic carbocycles. The summed E-state index contributed by atoms with van der Waals surface area (Å²) in [6.07, 6.45) is 4.78. The molecule has 5 heteroatoms. The van der Waals surface area contributed by atoms with Crippen molar-refractivity contribution in [2.24, 2.45) is 11.7 Å². The highest BCUT2D eigenvalue weighted by molar-refractivity contribution is 7.13. The van der Waals surface area contributed by atoms with E-state index in [0.717, 1.165) is 31.4 Å². The van der Waals surface area contributed by atoms with Crippen LogP contribution in [0, 0.1) is 5.92 Å². The van der Waals surface area contributed by atoms with Crippen molar-refractivity contribution in [2.45, 2.75) is 58.8 Å². The van der Waals surface area contributed by atoms with Crippen molar-refractivity contribution in [1.29, 1.82) is 0 Å². The summed E-state index contributed by atoms with van der Waals surface area (Å²) in [6.45, 7) is 7.08. The lowest BCUT2D eigenvalue weighted by Gasteiger charge is -2.14. The highest BCUT2D eigenvalue weighted by atomic mass is 32.1. The van der Waals surface area contributed by atoms with Crippen LogP contribution in [0.15, 0.2) is 5.38 Å². The molecular formula is C15H27N3OS. The summed E-state index contributed by atoms with van der Waals surface area (Å²) in [5, 5.41) is 5.62. The van der Waals surface area contributed by atoms with Crippen LogP contribution in [0.1, 0.15) is 64.5 Å². The second-order valence-corrected chi connectivity index (χ2v) is 6.41. The van der Waals surface area contributed by atoms with E-state index in [-0.39, 0.29) is 5.91 Å². The van der Waals surface area contributed by atoms with Gasteiger partial charge in [0.1, 0.15) is 0 Å². The number of nitrogens with one attached hydrogen (secondary N) is 1. The molecule has 1 unspecified atom stereocenters. The summed E-state index contributed by atoms with van der Waals surface area (Å²) in [6, 6.07) is 0. The van der Waals surface area contributed by atoms with Crippen molar-refractivity contribution in [2.75, 3.05) is 11.9 Å². The number of nitrogens with zero attached hydrogens (tertiary/aromatic N) is 1. The first kappa shape index (κ1) is 17.1. The zero-order chi connectivity index (χ0) is 15.0. The van der Waals surface area contributed by atoms with E-state index in [1.807, 2.05) is 5.38 Å². The third-order valence-corrected chi connectivity index (χ3v) is 4.19. The Bertz CT molecular complexity index is 398. The Hall–Kier alpha value is -0.940. The number of hydrogen-bond acceptors (Lipinski definition) is 4. The number of hydrogen-bond donors (Lipinski definition) is 2. The van der Waals surface area contributed by atoms with E-state index in [1.165, 1.54) is 11.3 Å². The fourth-order valence-electron chi connectivity index (χ4n) is 2.20. The molecule has 0 saturated heterocycles. The minimum Gasteiger partial charge on any atom is -0.330 e. The van der Waals surface area contributed by atoms with Crippen LogP contribution >= 0.6 is 11.3 Å². The van der Waals surface area contributed by atoms with Crippen LogP contribution in [0.2, 0.25) is 0 Å². The maximum atomic E-state index is 11.9. The molecule has 1 atom stereocenters. The molecule has 0 fully saturated rings. The number of thiazole rings is 1. The van der Waals surface area contributed by atoms with Gasteiger partial charge in [0.05, 0.1) is 5.69 Å². The molecule has 0 spiro atoms. The third kappa shape index (κ3) is 6.01. The maximum Gasteiger partial charge on any atom is 0.226 e. The first-order chi connectivity index (χ1) is 9.56. The Morgan fingerprint density at radius 1 is 1.40 bits per heavy atom. The zero-order valence-electron chi connectivity index (χ0n) is 12.8. The Morgan fingerprint density at radius 3 is 2.70 bits per heavy atom. The normalized spacial score (nSPS) is 12.7. The van der Waals surface area contributed by atoms with Gasteiger partial charge in [0.25, 0.3) is 0 Å². The average Bonchev–Trinajstić information content (AvgIpc) is 2.85. The zero-order valence-corrected chi connectivity index (χ0v) is 13.6. The molecule has 1 aromatic heterocycles. The van der Waals surface area contributed by atoms with Crippen LogP contribution in [-0.2, 0) is 4.79 Å². The van der Waals surface area contributed by atoms with Gasteiger partial charge in [-0.1, -0.05) is 33.6 Å². The first-order valence-corrected chi connectivity index (χ1v) is 8.40. The van der Waals surface area contributed by atoms with Crippen molar-refractivity contribution in [3.05, 3.63) is 11.1 Å². The Morgan fingerprint density at radius 2 is 2.15 bits per heavy atom. The van der Waals surface area contributed by atoms with Gasteiger partial charge in [-0.15, -0.1) is 11.3 Å². The SMILES string of the molecule is CCCC(CCN)CCC(=O)Nc1nc(C(C)C)cs1.